The molecule has 4 heterocycles. The molecule has 1 aromatic carbocycles. The zero-order valence-electron chi connectivity index (χ0n) is 54.7. The van der Waals surface area contributed by atoms with E-state index in [0.717, 1.165) is 12.1 Å². The molecule has 0 bridgehead atoms. The molecule has 5 rings (SSSR count). The standard InChI is InChI=1S/C61H100F2N4O20S/c1-30(2)22-45(68)83-51-37(9)50(32(4)28-79-58-54(77-18)53(76-17)47(69)40(12)82-58)85-56(72)39(11)52(84-46-23-33(5)67(16)27-35(7)80-46)36(8)49(86-57-48(70)43(66-78-19)24-34(6)81-57)31(3)26-61(15,55(71)38(51)10)87-59(73)65-60(13,14)29-64-88(74,75)44-21-20-41(62)25-42(44)63/h20-21,25,30-40,46-54,57-58,64,69-70H,22-24,26-29H2,1-19H3,(H,65,73)/b66-43+/t31-,32-,33?,34+,35-,36+,37-,38+,39+,40+,46-,47+,48+,49-,50+,51+,52-,53+,54+,57-,58+,61-/m0/s1. The van der Waals surface area contributed by atoms with Crippen molar-refractivity contribution in [2.45, 2.75) is 238 Å². The highest BCUT2D eigenvalue weighted by atomic mass is 32.2. The summed E-state index contributed by atoms with van der Waals surface area (Å²) in [6.07, 6.45) is -15.5. The maximum absolute atomic E-state index is 16.0. The molecule has 0 aromatic heterocycles. The van der Waals surface area contributed by atoms with E-state index in [-0.39, 0.29) is 49.6 Å². The van der Waals surface area contributed by atoms with Crippen LogP contribution in [0.4, 0.5) is 13.6 Å². The summed E-state index contributed by atoms with van der Waals surface area (Å²) in [5.74, 6) is -10.9. The van der Waals surface area contributed by atoms with Crippen molar-refractivity contribution < 1.29 is 104 Å². The quantitative estimate of drug-likeness (QED) is 0.0657. The number of methoxy groups -OCH3 is 2. The van der Waals surface area contributed by atoms with Crippen molar-refractivity contribution in [2.75, 3.05) is 48.1 Å². The molecule has 0 radical (unpaired) electrons. The molecule has 1 amide bonds. The number of aliphatic hydroxyl groups is 2. The van der Waals surface area contributed by atoms with E-state index in [2.05, 4.69) is 20.1 Å². The summed E-state index contributed by atoms with van der Waals surface area (Å²) < 4.78 is 128. The average molecular weight is 1280 g/mol. The predicted molar refractivity (Wildman–Crippen MR) is 316 cm³/mol. The smallest absolute Gasteiger partial charge is 0.408 e. The van der Waals surface area contributed by atoms with Gasteiger partial charge in [-0.3, -0.25) is 14.4 Å². The number of cyclic esters (lactones) is 1. The summed E-state index contributed by atoms with van der Waals surface area (Å²) >= 11 is 0. The van der Waals surface area contributed by atoms with Gasteiger partial charge >= 0.3 is 18.0 Å². The number of rotatable bonds is 20. The van der Waals surface area contributed by atoms with E-state index < -0.39 is 183 Å². The lowest BCUT2D eigenvalue weighted by molar-refractivity contribution is -0.305. The van der Waals surface area contributed by atoms with Crippen molar-refractivity contribution in [1.82, 2.24) is 14.9 Å². The number of hydrogen-bond acceptors (Lipinski definition) is 22. The number of sulfonamides is 1. The Kier molecular flexibility index (Phi) is 27.1. The first-order chi connectivity index (χ1) is 41.0. The van der Waals surface area contributed by atoms with E-state index in [4.69, 9.17) is 56.9 Å². The minimum absolute atomic E-state index is 0.0552. The first-order valence-electron chi connectivity index (χ1n) is 30.5. The summed E-state index contributed by atoms with van der Waals surface area (Å²) in [4.78, 5) is 66.7. The van der Waals surface area contributed by atoms with Gasteiger partial charge in [-0.2, -0.15) is 0 Å². The number of carbonyl (C=O) groups is 4. The third-order valence-corrected chi connectivity index (χ3v) is 18.7. The number of benzene rings is 1. The molecule has 4 N–H and O–H groups in total. The first kappa shape index (κ1) is 74.6. The number of amides is 1. The lowest BCUT2D eigenvalue weighted by atomic mass is 9.74. The molecule has 4 aliphatic rings. The number of halogens is 2. The molecule has 0 spiro atoms. The summed E-state index contributed by atoms with van der Waals surface area (Å²) in [6, 6.07) is 1.91. The number of carbonyl (C=O) groups excluding carboxylic acids is 4. The number of ether oxygens (including phenoxy) is 11. The molecule has 27 heteroatoms. The fourth-order valence-electron chi connectivity index (χ4n) is 12.4. The Morgan fingerprint density at radius 1 is 0.864 bits per heavy atom. The Balaban J connectivity index is 1.71. The SMILES string of the molecule is CO/N=C1\C[C@@H](C)O[C@@H](O[C@@H]2[C@@H](C)[C@H](O[C@H]3CC(C)N(C)C[C@H](C)O3)[C@@H](C)C(=O)O[C@H]([C@@H](C)CO[C@@H]3O[C@H](C)[C@@H](O)[C@@H](OC)[C@H]3OC)[C@H](C)[C@@H](OC(=O)CC(C)C)[C@@H](C)C(=O)[C@@](C)(OC(=O)NC(C)(C)CNS(=O)(=O)c3ccc(F)cc3F)C[C@@H]2C)[C@@H]1O. The maximum atomic E-state index is 16.0. The Morgan fingerprint density at radius 2 is 1.52 bits per heavy atom. The summed E-state index contributed by atoms with van der Waals surface area (Å²) in [5, 5.41) is 29.6. The van der Waals surface area contributed by atoms with Crippen molar-refractivity contribution in [3.63, 3.8) is 0 Å². The van der Waals surface area contributed by atoms with Crippen LogP contribution >= 0.6 is 0 Å². The number of ketones is 1. The van der Waals surface area contributed by atoms with E-state index in [0.29, 0.717) is 19.0 Å². The van der Waals surface area contributed by atoms with Crippen LogP contribution in [0, 0.1) is 53.1 Å². The summed E-state index contributed by atoms with van der Waals surface area (Å²) in [7, 11) is 1.52. The maximum Gasteiger partial charge on any atom is 0.408 e. The van der Waals surface area contributed by atoms with Gasteiger partial charge in [0.25, 0.3) is 0 Å². The minimum Gasteiger partial charge on any atom is -0.461 e. The number of hydrogen-bond donors (Lipinski definition) is 4. The molecule has 0 saturated carbocycles. The normalized spacial score (nSPS) is 37.1. The molecule has 1 unspecified atom stereocenters. The van der Waals surface area contributed by atoms with Crippen molar-refractivity contribution in [3.8, 4) is 0 Å². The molecular formula is C61H100F2N4O20S. The highest BCUT2D eigenvalue weighted by Gasteiger charge is 2.53. The predicted octanol–water partition coefficient (Wildman–Crippen LogP) is 6.04. The second kappa shape index (κ2) is 32.0. The number of alkyl carbamates (subject to hydrolysis) is 1. The van der Waals surface area contributed by atoms with Crippen molar-refractivity contribution in [2.24, 2.45) is 46.6 Å². The monoisotopic (exact) mass is 1280 g/mol. The summed E-state index contributed by atoms with van der Waals surface area (Å²) in [5.41, 5.74) is -3.52. The van der Waals surface area contributed by atoms with Gasteiger partial charge in [-0.25, -0.2) is 26.7 Å². The van der Waals surface area contributed by atoms with E-state index in [1.165, 1.54) is 49.0 Å². The zero-order valence-corrected chi connectivity index (χ0v) is 55.5. The fourth-order valence-corrected chi connectivity index (χ4v) is 13.6. The molecule has 504 valence electrons. The van der Waals surface area contributed by atoms with Gasteiger partial charge in [0.15, 0.2) is 30.3 Å². The number of nitrogens with zero attached hydrogens (tertiary/aromatic N) is 2. The van der Waals surface area contributed by atoms with E-state index in [9.17, 15) is 37.0 Å². The van der Waals surface area contributed by atoms with Crippen LogP contribution in [0.15, 0.2) is 28.3 Å². The molecule has 88 heavy (non-hydrogen) atoms. The van der Waals surface area contributed by atoms with Crippen LogP contribution < -0.4 is 10.0 Å². The Labute approximate surface area is 518 Å². The van der Waals surface area contributed by atoms with Gasteiger partial charge in [0.1, 0.15) is 60.3 Å². The lowest BCUT2D eigenvalue weighted by Crippen LogP contribution is -2.59. The number of nitrogens with one attached hydrogen (secondary N) is 2. The first-order valence-corrected chi connectivity index (χ1v) is 32.0. The second-order valence-electron chi connectivity index (χ2n) is 26.1. The third kappa shape index (κ3) is 19.2. The highest BCUT2D eigenvalue weighted by Crippen LogP contribution is 2.41. The molecule has 4 saturated heterocycles. The zero-order chi connectivity index (χ0) is 66.1. The molecule has 0 aliphatic carbocycles. The van der Waals surface area contributed by atoms with E-state index in [1.807, 2.05) is 34.7 Å². The van der Waals surface area contributed by atoms with Crippen molar-refractivity contribution >= 4 is 39.6 Å². The van der Waals surface area contributed by atoms with Crippen molar-refractivity contribution in [3.05, 3.63) is 29.8 Å². The number of oxime groups is 1. The average Bonchev–Trinajstić information content (AvgIpc) is 2.46. The van der Waals surface area contributed by atoms with Crippen LogP contribution in [0.3, 0.4) is 0 Å². The van der Waals surface area contributed by atoms with Crippen molar-refractivity contribution in [1.29, 1.82) is 0 Å². The molecular weight excluding hydrogens is 1180 g/mol. The number of esters is 2. The van der Waals surface area contributed by atoms with Gasteiger partial charge in [-0.05, 0) is 92.8 Å². The molecule has 4 aliphatic heterocycles. The van der Waals surface area contributed by atoms with Crippen LogP contribution in [-0.4, -0.2) is 204 Å². The summed E-state index contributed by atoms with van der Waals surface area (Å²) in [6.45, 7) is 25.1. The topological polar surface area (TPSA) is 293 Å². The Hall–Kier alpha value is -4.10. The molecule has 22 atom stereocenters. The minimum atomic E-state index is -4.62. The van der Waals surface area contributed by atoms with Gasteiger partial charge in [0.05, 0.1) is 60.2 Å². The van der Waals surface area contributed by atoms with Gasteiger partial charge in [-0.15, -0.1) is 0 Å². The van der Waals surface area contributed by atoms with Crippen LogP contribution in [0.25, 0.3) is 0 Å². The third-order valence-electron chi connectivity index (χ3n) is 17.3. The number of aliphatic hydroxyl groups excluding tert-OH is 2. The molecule has 4 fully saturated rings. The van der Waals surface area contributed by atoms with Crippen LogP contribution in [0.2, 0.25) is 0 Å². The molecule has 24 nitrogen and oxygen atoms in total. The number of Topliss-reactive ketones (excluding diaryl/α,β-unsaturated/α-hetero) is 1. The van der Waals surface area contributed by atoms with Crippen LogP contribution in [0.1, 0.15) is 130 Å². The molecule has 1 aromatic rings. The fraction of sp³-hybridized carbons (Fsp3) is 0.820. The van der Waals surface area contributed by atoms with Gasteiger partial charge < -0.3 is 77.4 Å². The van der Waals surface area contributed by atoms with Gasteiger partial charge in [0, 0.05) is 76.4 Å². The van der Waals surface area contributed by atoms with E-state index in [1.54, 1.807) is 48.5 Å². The second-order valence-corrected chi connectivity index (χ2v) is 27.8. The highest BCUT2D eigenvalue weighted by molar-refractivity contribution is 7.89. The Bertz CT molecular complexity index is 2620. The lowest BCUT2D eigenvalue weighted by Gasteiger charge is -2.45. The van der Waals surface area contributed by atoms with Gasteiger partial charge in [0.2, 0.25) is 10.0 Å². The van der Waals surface area contributed by atoms with Gasteiger partial charge in [-0.1, -0.05) is 53.6 Å². The van der Waals surface area contributed by atoms with Crippen LogP contribution in [0.5, 0.6) is 0 Å². The largest absolute Gasteiger partial charge is 0.461 e. The van der Waals surface area contributed by atoms with Crippen LogP contribution in [-0.2, 0) is 81.3 Å². The number of likely N-dealkylation sites (N-methyl/N-ethyl adjacent to an activating group) is 1. The van der Waals surface area contributed by atoms with E-state index >= 15 is 9.59 Å². The Morgan fingerprint density at radius 3 is 2.14 bits per heavy atom.